The van der Waals surface area contributed by atoms with Gasteiger partial charge in [-0.3, -0.25) is 6.08 Å². The number of allylic oxidation sites excluding steroid dienone is 4. The van der Waals surface area contributed by atoms with Crippen LogP contribution in [0.25, 0.3) is 43.8 Å². The Kier molecular flexibility index (Phi) is 10.8. The van der Waals surface area contributed by atoms with Crippen LogP contribution in [-0.2, 0) is 24.2 Å². The summed E-state index contributed by atoms with van der Waals surface area (Å²) in [6.07, 6.45) is 12.9. The molecule has 5 aromatic carbocycles. The van der Waals surface area contributed by atoms with E-state index in [4.69, 9.17) is 0 Å². The molecular weight excluding hydrogens is 558 g/mol. The van der Waals surface area contributed by atoms with E-state index in [9.17, 15) is 0 Å². The Hall–Kier alpha value is -2.44. The first-order valence-corrected chi connectivity index (χ1v) is 13.0. The van der Waals surface area contributed by atoms with Crippen LogP contribution >= 0.6 is 0 Å². The minimum atomic E-state index is 0. The van der Waals surface area contributed by atoms with Crippen molar-refractivity contribution < 1.29 is 49.0 Å². The Balaban J connectivity index is 0.000000278. The third-order valence-corrected chi connectivity index (χ3v) is 7.23. The van der Waals surface area contributed by atoms with E-state index in [2.05, 4.69) is 115 Å². The summed E-state index contributed by atoms with van der Waals surface area (Å²) in [5.74, 6) is 0. The van der Waals surface area contributed by atoms with Gasteiger partial charge >= 0.3 is 40.3 Å². The first-order valence-electron chi connectivity index (χ1n) is 11.8. The van der Waals surface area contributed by atoms with Crippen molar-refractivity contribution in [1.82, 2.24) is 0 Å². The molecule has 0 amide bonds. The van der Waals surface area contributed by atoms with E-state index in [1.54, 1.807) is 27.4 Å². The monoisotopic (exact) mass is 582 g/mol. The van der Waals surface area contributed by atoms with Gasteiger partial charge in [-0.2, -0.15) is 6.08 Å². The summed E-state index contributed by atoms with van der Waals surface area (Å²) in [4.78, 5) is 0. The quantitative estimate of drug-likeness (QED) is 0.280. The largest absolute Gasteiger partial charge is 0.126 e. The predicted octanol–water partition coefficient (Wildman–Crippen LogP) is 2.86. The van der Waals surface area contributed by atoms with Gasteiger partial charge in [-0.25, -0.2) is 12.2 Å². The van der Waals surface area contributed by atoms with E-state index >= 15 is 0 Å². The minimum Gasteiger partial charge on any atom is -0.126 e. The van der Waals surface area contributed by atoms with Crippen LogP contribution in [0, 0.1) is 6.08 Å². The summed E-state index contributed by atoms with van der Waals surface area (Å²) in [7, 11) is 0. The second kappa shape index (κ2) is 13.8. The third kappa shape index (κ3) is 7.30. The van der Waals surface area contributed by atoms with Crippen LogP contribution < -0.4 is 24.8 Å². The molecule has 2 aliphatic rings. The second-order valence-electron chi connectivity index (χ2n) is 8.59. The van der Waals surface area contributed by atoms with Crippen molar-refractivity contribution in [2.24, 2.45) is 0 Å². The van der Waals surface area contributed by atoms with E-state index in [1.165, 1.54) is 56.6 Å². The summed E-state index contributed by atoms with van der Waals surface area (Å²) < 4.78 is 1.76. The standard InChI is InChI=1S/C25H17.C5H5.C3H4.2ClH.Zr/c1-3-7-18(8-4-1)20-11-13-24-22(15-20)17-23-16-21(12-14-25(23)24)19-9-5-2-6-10-19;1-2-4-5-3-1;1-2-3-1;;;/h1-17H;1-3H,4H2;1-2H2;2*1H;/q2*-1;;;;+2/p-2. The van der Waals surface area contributed by atoms with Gasteiger partial charge in [-0.15, -0.1) is 46.2 Å². The molecule has 3 heteroatoms. The SMILES string of the molecule is [C-]1=CC=CC1.[Cl-].[Cl-].[Zr+2]=[C]1CC1.c1ccc(-c2ccc3c(c2)[cH-]c2cc(-c4ccccc4)ccc23)cc1. The van der Waals surface area contributed by atoms with Crippen molar-refractivity contribution in [3.8, 4) is 22.3 Å². The first-order chi connectivity index (χ1) is 16.8. The number of halogens is 2. The molecule has 5 aromatic rings. The van der Waals surface area contributed by atoms with Gasteiger partial charge in [0.1, 0.15) is 0 Å². The van der Waals surface area contributed by atoms with Crippen LogP contribution in [0.15, 0.2) is 121 Å². The number of rotatable bonds is 2. The molecule has 1 fully saturated rings. The molecule has 1 saturated carbocycles. The van der Waals surface area contributed by atoms with Gasteiger partial charge in [0.25, 0.3) is 0 Å². The van der Waals surface area contributed by atoms with Gasteiger partial charge in [0.2, 0.25) is 0 Å². The fraction of sp³-hybridized carbons (Fsp3) is 0.0909. The molecule has 0 aromatic heterocycles. The Labute approximate surface area is 241 Å². The van der Waals surface area contributed by atoms with Crippen molar-refractivity contribution in [3.05, 3.63) is 127 Å². The van der Waals surface area contributed by atoms with Crippen molar-refractivity contribution >= 4 is 24.8 Å². The van der Waals surface area contributed by atoms with Gasteiger partial charge in [0.15, 0.2) is 0 Å². The Morgan fingerprint density at radius 1 is 0.611 bits per heavy atom. The summed E-state index contributed by atoms with van der Waals surface area (Å²) in [5, 5.41) is 5.27. The Morgan fingerprint density at radius 3 is 1.42 bits per heavy atom. The summed E-state index contributed by atoms with van der Waals surface area (Å²) in [6.45, 7) is 0. The molecule has 178 valence electrons. The molecule has 0 atom stereocenters. The average Bonchev–Trinajstić information content (AvgIpc) is 3.34. The molecule has 36 heavy (non-hydrogen) atoms. The molecule has 0 spiro atoms. The van der Waals surface area contributed by atoms with Crippen molar-refractivity contribution in [3.63, 3.8) is 0 Å². The third-order valence-electron chi connectivity index (χ3n) is 6.00. The zero-order chi connectivity index (χ0) is 23.2. The van der Waals surface area contributed by atoms with E-state index < -0.39 is 0 Å². The average molecular weight is 585 g/mol. The smallest absolute Gasteiger partial charge is 0.0259 e. The fourth-order valence-electron chi connectivity index (χ4n) is 4.05. The van der Waals surface area contributed by atoms with Crippen molar-refractivity contribution in [1.29, 1.82) is 0 Å². The number of benzene rings is 4. The second-order valence-corrected chi connectivity index (χ2v) is 10.3. The summed E-state index contributed by atoms with van der Waals surface area (Å²) in [5.41, 5.74) is 5.07. The van der Waals surface area contributed by atoms with Gasteiger partial charge in [0, 0.05) is 0 Å². The molecule has 0 heterocycles. The van der Waals surface area contributed by atoms with Gasteiger partial charge in [-0.1, -0.05) is 96.1 Å². The molecule has 0 bridgehead atoms. The van der Waals surface area contributed by atoms with E-state index in [0.29, 0.717) is 0 Å². The molecule has 0 radical (unpaired) electrons. The van der Waals surface area contributed by atoms with Gasteiger partial charge in [0.05, 0.1) is 0 Å². The molecule has 0 saturated heterocycles. The number of hydrogen-bond donors (Lipinski definition) is 0. The van der Waals surface area contributed by atoms with E-state index in [0.717, 1.165) is 6.42 Å². The van der Waals surface area contributed by atoms with Crippen LogP contribution in [0.4, 0.5) is 0 Å². The Morgan fingerprint density at radius 2 is 1.08 bits per heavy atom. The normalized spacial score (nSPS) is 12.7. The van der Waals surface area contributed by atoms with Crippen LogP contribution in [0.1, 0.15) is 19.3 Å². The molecule has 7 rings (SSSR count). The molecular formula is C33H26Cl2Zr-2. The maximum absolute atomic E-state index is 2.99. The van der Waals surface area contributed by atoms with Gasteiger partial charge in [-0.05, 0) is 11.1 Å². The topological polar surface area (TPSA) is 0 Å². The zero-order valence-electron chi connectivity index (χ0n) is 19.9. The van der Waals surface area contributed by atoms with Crippen LogP contribution in [0.5, 0.6) is 0 Å². The molecule has 0 aliphatic heterocycles. The molecule has 0 nitrogen and oxygen atoms in total. The Bertz CT molecular complexity index is 1370. The van der Waals surface area contributed by atoms with E-state index in [-0.39, 0.29) is 24.8 Å². The number of fused-ring (bicyclic) bond motifs is 3. The van der Waals surface area contributed by atoms with Crippen LogP contribution in [0.3, 0.4) is 0 Å². The minimum absolute atomic E-state index is 0. The van der Waals surface area contributed by atoms with Gasteiger partial charge < -0.3 is 24.8 Å². The molecule has 0 N–H and O–H groups in total. The van der Waals surface area contributed by atoms with E-state index in [1.807, 2.05) is 12.2 Å². The summed E-state index contributed by atoms with van der Waals surface area (Å²) >= 11 is 1.66. The first kappa shape index (κ1) is 28.1. The maximum Gasteiger partial charge on any atom is -0.0259 e. The van der Waals surface area contributed by atoms with Crippen LogP contribution in [0.2, 0.25) is 0 Å². The maximum atomic E-state index is 2.99. The fourth-order valence-corrected chi connectivity index (χ4v) is 4.35. The predicted molar refractivity (Wildman–Crippen MR) is 144 cm³/mol. The molecule has 0 unspecified atom stereocenters. The number of hydrogen-bond acceptors (Lipinski definition) is 0. The zero-order valence-corrected chi connectivity index (χ0v) is 23.9. The van der Waals surface area contributed by atoms with Crippen molar-refractivity contribution in [2.75, 3.05) is 0 Å². The summed E-state index contributed by atoms with van der Waals surface area (Å²) in [6, 6.07) is 37.0. The molecule has 2 aliphatic carbocycles. The van der Waals surface area contributed by atoms with Crippen LogP contribution in [-0.4, -0.2) is 3.21 Å². The van der Waals surface area contributed by atoms with Crippen molar-refractivity contribution in [2.45, 2.75) is 19.3 Å².